The summed E-state index contributed by atoms with van der Waals surface area (Å²) in [5, 5.41) is 13.1. The Morgan fingerprint density at radius 2 is 2.10 bits per heavy atom. The van der Waals surface area contributed by atoms with Gasteiger partial charge in [-0.1, -0.05) is 18.6 Å². The maximum Gasteiger partial charge on any atom is 0.137 e. The van der Waals surface area contributed by atoms with E-state index in [9.17, 15) is 0 Å². The first kappa shape index (κ1) is 13.8. The van der Waals surface area contributed by atoms with Gasteiger partial charge in [0.2, 0.25) is 0 Å². The zero-order valence-corrected chi connectivity index (χ0v) is 12.0. The average Bonchev–Trinajstić information content (AvgIpc) is 3.03. The molecule has 0 radical (unpaired) electrons. The van der Waals surface area contributed by atoms with Crippen molar-refractivity contribution in [1.29, 1.82) is 5.26 Å². The monoisotopic (exact) mass is 281 g/mol. The molecule has 1 aliphatic heterocycles. The molecule has 1 fully saturated rings. The molecule has 1 aromatic carbocycles. The summed E-state index contributed by atoms with van der Waals surface area (Å²) in [6, 6.07) is 10.6. The highest BCUT2D eigenvalue weighted by Crippen LogP contribution is 2.21. The minimum absolute atomic E-state index is 0.510. The molecule has 21 heavy (non-hydrogen) atoms. The summed E-state index contributed by atoms with van der Waals surface area (Å²) in [5.41, 5.74) is 1.98. The van der Waals surface area contributed by atoms with Crippen molar-refractivity contribution in [3.63, 3.8) is 0 Å². The normalized spacial score (nSPS) is 19.3. The summed E-state index contributed by atoms with van der Waals surface area (Å²) in [4.78, 5) is 6.54. The number of nitrogens with zero attached hydrogens (tertiary/aromatic N) is 5. The van der Waals surface area contributed by atoms with Crippen molar-refractivity contribution in [1.82, 2.24) is 19.7 Å². The first-order chi connectivity index (χ1) is 10.3. The van der Waals surface area contributed by atoms with Crippen molar-refractivity contribution in [2.24, 2.45) is 0 Å². The SMILES string of the molecule is N#Cc1ccc(CN2CCCC[C@@H]2Cn2cncn2)cc1. The molecule has 2 heterocycles. The number of hydrogen-bond donors (Lipinski definition) is 0. The standard InChI is InChI=1S/C16H19N5/c17-9-14-4-6-15(7-5-14)10-20-8-2-1-3-16(20)11-21-13-18-12-19-21/h4-7,12-13,16H,1-3,8,10-11H2/t16-/m1/s1. The van der Waals surface area contributed by atoms with Gasteiger partial charge < -0.3 is 0 Å². The molecular weight excluding hydrogens is 262 g/mol. The number of likely N-dealkylation sites (tertiary alicyclic amines) is 1. The number of nitriles is 1. The van der Waals surface area contributed by atoms with Crippen LogP contribution in [0.2, 0.25) is 0 Å². The smallest absolute Gasteiger partial charge is 0.137 e. The summed E-state index contributed by atoms with van der Waals surface area (Å²) >= 11 is 0. The van der Waals surface area contributed by atoms with Crippen LogP contribution < -0.4 is 0 Å². The van der Waals surface area contributed by atoms with Crippen molar-refractivity contribution < 1.29 is 0 Å². The van der Waals surface area contributed by atoms with E-state index in [4.69, 9.17) is 5.26 Å². The molecular formula is C16H19N5. The van der Waals surface area contributed by atoms with Crippen molar-refractivity contribution in [3.8, 4) is 6.07 Å². The molecule has 1 aliphatic rings. The molecule has 0 N–H and O–H groups in total. The highest BCUT2D eigenvalue weighted by Gasteiger charge is 2.23. The van der Waals surface area contributed by atoms with Crippen molar-refractivity contribution in [2.45, 2.75) is 38.4 Å². The molecule has 0 aliphatic carbocycles. The molecule has 108 valence electrons. The molecule has 5 heteroatoms. The van der Waals surface area contributed by atoms with Gasteiger partial charge in [0, 0.05) is 12.6 Å². The molecule has 1 saturated heterocycles. The summed E-state index contributed by atoms with van der Waals surface area (Å²) in [6.45, 7) is 2.96. The van der Waals surface area contributed by atoms with Crippen LogP contribution in [-0.4, -0.2) is 32.3 Å². The Bertz CT molecular complexity index is 597. The van der Waals surface area contributed by atoms with E-state index < -0.39 is 0 Å². The molecule has 1 atom stereocenters. The van der Waals surface area contributed by atoms with Gasteiger partial charge in [0.05, 0.1) is 18.2 Å². The lowest BCUT2D eigenvalue weighted by Gasteiger charge is -2.35. The van der Waals surface area contributed by atoms with Crippen LogP contribution in [0.3, 0.4) is 0 Å². The van der Waals surface area contributed by atoms with Crippen molar-refractivity contribution in [3.05, 3.63) is 48.0 Å². The quantitative estimate of drug-likeness (QED) is 0.862. The Labute approximate surface area is 124 Å². The molecule has 0 amide bonds. The predicted octanol–water partition coefficient (Wildman–Crippen LogP) is 2.20. The Balaban J connectivity index is 1.67. The molecule has 2 aromatic rings. The van der Waals surface area contributed by atoms with Crippen LogP contribution >= 0.6 is 0 Å². The van der Waals surface area contributed by atoms with Crippen LogP contribution in [0.25, 0.3) is 0 Å². The van der Waals surface area contributed by atoms with E-state index in [0.29, 0.717) is 6.04 Å². The van der Waals surface area contributed by atoms with E-state index in [1.165, 1.54) is 24.8 Å². The first-order valence-electron chi connectivity index (χ1n) is 7.40. The molecule has 3 rings (SSSR count). The van der Waals surface area contributed by atoms with E-state index in [-0.39, 0.29) is 0 Å². The van der Waals surface area contributed by atoms with Crippen LogP contribution in [0.4, 0.5) is 0 Å². The minimum Gasteiger partial charge on any atom is -0.294 e. The lowest BCUT2D eigenvalue weighted by atomic mass is 10.0. The van der Waals surface area contributed by atoms with Crippen LogP contribution in [0.15, 0.2) is 36.9 Å². The Kier molecular flexibility index (Phi) is 4.27. The molecule has 0 spiro atoms. The van der Waals surface area contributed by atoms with Gasteiger partial charge in [-0.25, -0.2) is 4.98 Å². The second-order valence-corrected chi connectivity index (χ2v) is 5.55. The first-order valence-corrected chi connectivity index (χ1v) is 7.40. The number of rotatable bonds is 4. The third-order valence-electron chi connectivity index (χ3n) is 4.08. The number of piperidine rings is 1. The van der Waals surface area contributed by atoms with E-state index in [2.05, 4.69) is 33.2 Å². The topological polar surface area (TPSA) is 57.7 Å². The second-order valence-electron chi connectivity index (χ2n) is 5.55. The summed E-state index contributed by atoms with van der Waals surface area (Å²) < 4.78 is 1.92. The van der Waals surface area contributed by atoms with E-state index >= 15 is 0 Å². The lowest BCUT2D eigenvalue weighted by Crippen LogP contribution is -2.41. The van der Waals surface area contributed by atoms with Crippen molar-refractivity contribution in [2.75, 3.05) is 6.54 Å². The Morgan fingerprint density at radius 1 is 1.24 bits per heavy atom. The van der Waals surface area contributed by atoms with Gasteiger partial charge in [-0.15, -0.1) is 0 Å². The Hall–Kier alpha value is -2.19. The van der Waals surface area contributed by atoms with Gasteiger partial charge in [-0.05, 0) is 37.1 Å². The maximum atomic E-state index is 8.86. The zero-order chi connectivity index (χ0) is 14.5. The number of benzene rings is 1. The molecule has 5 nitrogen and oxygen atoms in total. The largest absolute Gasteiger partial charge is 0.294 e. The van der Waals surface area contributed by atoms with Crippen LogP contribution in [0.5, 0.6) is 0 Å². The molecule has 0 bridgehead atoms. The van der Waals surface area contributed by atoms with E-state index in [1.54, 1.807) is 12.7 Å². The second kappa shape index (κ2) is 6.51. The third kappa shape index (κ3) is 3.47. The summed E-state index contributed by atoms with van der Waals surface area (Å²) in [7, 11) is 0. The van der Waals surface area contributed by atoms with Crippen LogP contribution in [0, 0.1) is 11.3 Å². The van der Waals surface area contributed by atoms with Crippen molar-refractivity contribution >= 4 is 0 Å². The van der Waals surface area contributed by atoms with E-state index in [0.717, 1.165) is 25.2 Å². The van der Waals surface area contributed by atoms with Gasteiger partial charge in [-0.3, -0.25) is 9.58 Å². The van der Waals surface area contributed by atoms with Crippen LogP contribution in [-0.2, 0) is 13.1 Å². The fourth-order valence-corrected chi connectivity index (χ4v) is 2.94. The molecule has 0 unspecified atom stereocenters. The number of aromatic nitrogens is 3. The fourth-order valence-electron chi connectivity index (χ4n) is 2.94. The average molecular weight is 281 g/mol. The van der Waals surface area contributed by atoms with Gasteiger partial charge in [0.1, 0.15) is 12.7 Å². The summed E-state index contributed by atoms with van der Waals surface area (Å²) in [5.74, 6) is 0. The number of hydrogen-bond acceptors (Lipinski definition) is 4. The van der Waals surface area contributed by atoms with Gasteiger partial charge >= 0.3 is 0 Å². The highest BCUT2D eigenvalue weighted by atomic mass is 15.3. The third-order valence-corrected chi connectivity index (χ3v) is 4.08. The highest BCUT2D eigenvalue weighted by molar-refractivity contribution is 5.31. The van der Waals surface area contributed by atoms with Gasteiger partial charge in [0.25, 0.3) is 0 Å². The van der Waals surface area contributed by atoms with Gasteiger partial charge in [0.15, 0.2) is 0 Å². The Morgan fingerprint density at radius 3 is 2.81 bits per heavy atom. The molecule has 1 aromatic heterocycles. The lowest BCUT2D eigenvalue weighted by molar-refractivity contribution is 0.122. The van der Waals surface area contributed by atoms with E-state index in [1.807, 2.05) is 16.8 Å². The predicted molar refractivity (Wildman–Crippen MR) is 79.2 cm³/mol. The van der Waals surface area contributed by atoms with Gasteiger partial charge in [-0.2, -0.15) is 10.4 Å². The minimum atomic E-state index is 0.510. The fraction of sp³-hybridized carbons (Fsp3) is 0.438. The maximum absolute atomic E-state index is 8.86. The summed E-state index contributed by atoms with van der Waals surface area (Å²) in [6.07, 6.45) is 7.12. The van der Waals surface area contributed by atoms with Crippen LogP contribution in [0.1, 0.15) is 30.4 Å². The molecule has 0 saturated carbocycles. The zero-order valence-electron chi connectivity index (χ0n) is 12.0.